The van der Waals surface area contributed by atoms with Gasteiger partial charge in [-0.05, 0) is 36.8 Å². The van der Waals surface area contributed by atoms with Gasteiger partial charge < -0.3 is 14.4 Å². The van der Waals surface area contributed by atoms with Crippen molar-refractivity contribution in [2.24, 2.45) is 0 Å². The van der Waals surface area contributed by atoms with Crippen molar-refractivity contribution in [1.82, 2.24) is 9.21 Å². The van der Waals surface area contributed by atoms with Crippen LogP contribution in [0.3, 0.4) is 0 Å². The van der Waals surface area contributed by atoms with Gasteiger partial charge in [-0.25, -0.2) is 8.42 Å². The number of carbonyl (C=O) groups is 1. The fourth-order valence-electron chi connectivity index (χ4n) is 3.09. The summed E-state index contributed by atoms with van der Waals surface area (Å²) >= 11 is 0. The van der Waals surface area contributed by atoms with Crippen molar-refractivity contribution >= 4 is 15.9 Å². The van der Waals surface area contributed by atoms with Crippen LogP contribution in [0.5, 0.6) is 5.75 Å². The normalized spacial score (nSPS) is 15.9. The van der Waals surface area contributed by atoms with Gasteiger partial charge in [0.2, 0.25) is 10.0 Å². The summed E-state index contributed by atoms with van der Waals surface area (Å²) in [5, 5.41) is 0. The van der Waals surface area contributed by atoms with Gasteiger partial charge in [-0.3, -0.25) is 4.79 Å². The molecule has 0 unspecified atom stereocenters. The van der Waals surface area contributed by atoms with Gasteiger partial charge in [0.05, 0.1) is 18.1 Å². The van der Waals surface area contributed by atoms with Crippen LogP contribution in [0.15, 0.2) is 59.5 Å². The molecule has 0 aliphatic carbocycles. The average Bonchev–Trinajstić information content (AvgIpc) is 2.75. The molecule has 0 spiro atoms. The van der Waals surface area contributed by atoms with Crippen molar-refractivity contribution in [2.75, 3.05) is 33.4 Å². The van der Waals surface area contributed by atoms with Crippen LogP contribution < -0.4 is 4.74 Å². The Bertz CT molecular complexity index is 910. The van der Waals surface area contributed by atoms with Gasteiger partial charge in [-0.2, -0.15) is 4.31 Å². The molecule has 8 heteroatoms. The zero-order valence-corrected chi connectivity index (χ0v) is 17.5. The van der Waals surface area contributed by atoms with Crippen LogP contribution in [0.1, 0.15) is 12.5 Å². The minimum Gasteiger partial charge on any atom is -0.481 e. The van der Waals surface area contributed by atoms with Crippen molar-refractivity contribution < 1.29 is 22.7 Å². The van der Waals surface area contributed by atoms with E-state index in [0.29, 0.717) is 32.1 Å². The van der Waals surface area contributed by atoms with E-state index in [2.05, 4.69) is 0 Å². The molecule has 1 heterocycles. The van der Waals surface area contributed by atoms with E-state index in [1.54, 1.807) is 31.0 Å². The van der Waals surface area contributed by atoms with Crippen LogP contribution in [0.4, 0.5) is 0 Å². The Morgan fingerprint density at radius 1 is 1.10 bits per heavy atom. The quantitative estimate of drug-likeness (QED) is 0.689. The highest BCUT2D eigenvalue weighted by atomic mass is 32.2. The van der Waals surface area contributed by atoms with E-state index in [0.717, 1.165) is 5.56 Å². The van der Waals surface area contributed by atoms with Crippen LogP contribution in [0.25, 0.3) is 0 Å². The summed E-state index contributed by atoms with van der Waals surface area (Å²) in [7, 11) is -2.08. The smallest absolute Gasteiger partial charge is 0.263 e. The maximum atomic E-state index is 12.8. The zero-order valence-electron chi connectivity index (χ0n) is 16.7. The number of nitrogens with zero attached hydrogens (tertiary/aromatic N) is 2. The van der Waals surface area contributed by atoms with E-state index in [1.807, 2.05) is 30.3 Å². The Kier molecular flexibility index (Phi) is 6.89. The fourth-order valence-corrected chi connectivity index (χ4v) is 4.25. The second-order valence-electron chi connectivity index (χ2n) is 6.92. The number of carbonyl (C=O) groups excluding carboxylic acids is 1. The van der Waals surface area contributed by atoms with E-state index in [1.165, 1.54) is 16.4 Å². The maximum Gasteiger partial charge on any atom is 0.263 e. The number of hydrogen-bond donors (Lipinski definition) is 0. The second-order valence-corrected chi connectivity index (χ2v) is 8.96. The molecule has 0 radical (unpaired) electrons. The van der Waals surface area contributed by atoms with E-state index in [4.69, 9.17) is 9.47 Å². The highest BCUT2D eigenvalue weighted by Crippen LogP contribution is 2.21. The summed E-state index contributed by atoms with van der Waals surface area (Å²) in [6, 6.07) is 15.6. The zero-order chi connectivity index (χ0) is 20.9. The van der Waals surface area contributed by atoms with Gasteiger partial charge in [0.15, 0.2) is 6.10 Å². The fraction of sp³-hybridized carbons (Fsp3) is 0.381. The molecule has 156 valence electrons. The van der Waals surface area contributed by atoms with Crippen LogP contribution in [0, 0.1) is 0 Å². The van der Waals surface area contributed by atoms with E-state index >= 15 is 0 Å². The average molecular weight is 419 g/mol. The molecule has 0 aromatic heterocycles. The van der Waals surface area contributed by atoms with Gasteiger partial charge in [-0.1, -0.05) is 30.3 Å². The molecule has 29 heavy (non-hydrogen) atoms. The molecule has 0 saturated carbocycles. The van der Waals surface area contributed by atoms with Crippen molar-refractivity contribution in [3.8, 4) is 5.75 Å². The summed E-state index contributed by atoms with van der Waals surface area (Å²) in [6.07, 6.45) is -0.656. The summed E-state index contributed by atoms with van der Waals surface area (Å²) in [5.41, 5.74) is 0.911. The first-order valence-corrected chi connectivity index (χ1v) is 11.0. The lowest BCUT2D eigenvalue weighted by Crippen LogP contribution is -2.46. The molecule has 1 fully saturated rings. The lowest BCUT2D eigenvalue weighted by atomic mass is 10.2. The molecule has 2 aromatic carbocycles. The van der Waals surface area contributed by atoms with Crippen molar-refractivity contribution in [1.29, 1.82) is 0 Å². The highest BCUT2D eigenvalue weighted by Gasteiger charge is 2.24. The summed E-state index contributed by atoms with van der Waals surface area (Å²) in [5.74, 6) is 0.344. The number of rotatable bonds is 7. The molecule has 7 nitrogen and oxygen atoms in total. The number of benzene rings is 2. The Morgan fingerprint density at radius 2 is 1.72 bits per heavy atom. The molecule has 1 amide bonds. The monoisotopic (exact) mass is 418 g/mol. The molecule has 2 aromatic rings. The molecule has 0 bridgehead atoms. The Balaban J connectivity index is 1.63. The summed E-state index contributed by atoms with van der Waals surface area (Å²) < 4.78 is 37.9. The van der Waals surface area contributed by atoms with Crippen LogP contribution >= 0.6 is 0 Å². The Morgan fingerprint density at radius 3 is 2.34 bits per heavy atom. The van der Waals surface area contributed by atoms with Gasteiger partial charge in [0.1, 0.15) is 5.75 Å². The summed E-state index contributed by atoms with van der Waals surface area (Å²) in [4.78, 5) is 14.3. The molecular formula is C21H26N2O5S. The molecular weight excluding hydrogens is 392 g/mol. The minimum atomic E-state index is -3.63. The lowest BCUT2D eigenvalue weighted by Gasteiger charge is -2.29. The van der Waals surface area contributed by atoms with Gasteiger partial charge in [0, 0.05) is 26.7 Å². The number of morpholine rings is 1. The molecule has 1 aliphatic rings. The van der Waals surface area contributed by atoms with E-state index in [-0.39, 0.29) is 17.3 Å². The molecule has 0 N–H and O–H groups in total. The third kappa shape index (κ3) is 5.35. The number of ether oxygens (including phenoxy) is 2. The third-order valence-corrected chi connectivity index (χ3v) is 6.58. The van der Waals surface area contributed by atoms with Crippen LogP contribution in [0.2, 0.25) is 0 Å². The minimum absolute atomic E-state index is 0.104. The third-order valence-electron chi connectivity index (χ3n) is 4.76. The van der Waals surface area contributed by atoms with E-state index < -0.39 is 16.1 Å². The number of amides is 1. The van der Waals surface area contributed by atoms with E-state index in [9.17, 15) is 13.2 Å². The SMILES string of the molecule is C[C@@H](Oc1ccc(S(=O)(=O)N(C)Cc2ccccc2)cc1)C(=O)N1CCOCC1. The van der Waals surface area contributed by atoms with Crippen LogP contribution in [-0.2, 0) is 26.1 Å². The molecule has 1 saturated heterocycles. The summed E-state index contributed by atoms with van der Waals surface area (Å²) in [6.45, 7) is 4.14. The van der Waals surface area contributed by atoms with Crippen molar-refractivity contribution in [2.45, 2.75) is 24.5 Å². The molecule has 1 atom stereocenters. The standard InChI is InChI=1S/C21H26N2O5S/c1-17(21(24)23-12-14-27-15-13-23)28-19-8-10-20(11-9-19)29(25,26)22(2)16-18-6-4-3-5-7-18/h3-11,17H,12-16H2,1-2H3/t17-/m1/s1. The van der Waals surface area contributed by atoms with Crippen LogP contribution in [-0.4, -0.2) is 63.0 Å². The largest absolute Gasteiger partial charge is 0.481 e. The first kappa shape index (κ1) is 21.3. The first-order chi connectivity index (χ1) is 13.9. The molecule has 3 rings (SSSR count). The predicted octanol–water partition coefficient (Wildman–Crippen LogP) is 2.13. The van der Waals surface area contributed by atoms with Crippen molar-refractivity contribution in [3.05, 3.63) is 60.2 Å². The van der Waals surface area contributed by atoms with Crippen molar-refractivity contribution in [3.63, 3.8) is 0 Å². The van der Waals surface area contributed by atoms with Gasteiger partial charge in [-0.15, -0.1) is 0 Å². The number of hydrogen-bond acceptors (Lipinski definition) is 5. The number of sulfonamides is 1. The first-order valence-electron chi connectivity index (χ1n) is 9.51. The Labute approximate surface area is 171 Å². The topological polar surface area (TPSA) is 76.2 Å². The Hall–Kier alpha value is -2.42. The maximum absolute atomic E-state index is 12.8. The molecule has 1 aliphatic heterocycles. The lowest BCUT2D eigenvalue weighted by molar-refractivity contribution is -0.142. The van der Waals surface area contributed by atoms with Gasteiger partial charge in [0.25, 0.3) is 5.91 Å². The highest BCUT2D eigenvalue weighted by molar-refractivity contribution is 7.89. The van der Waals surface area contributed by atoms with Gasteiger partial charge >= 0.3 is 0 Å². The second kappa shape index (κ2) is 9.39. The predicted molar refractivity (Wildman–Crippen MR) is 109 cm³/mol.